The topological polar surface area (TPSA) is 73.1 Å². The van der Waals surface area contributed by atoms with Crippen molar-refractivity contribution in [1.29, 1.82) is 0 Å². The average molecular weight is 424 g/mol. The van der Waals surface area contributed by atoms with Gasteiger partial charge in [-0.05, 0) is 45.4 Å². The molecule has 0 bridgehead atoms. The number of nitrogens with one attached hydrogen (secondary N) is 1. The summed E-state index contributed by atoms with van der Waals surface area (Å²) in [6.07, 6.45) is 2.87. The van der Waals surface area contributed by atoms with Crippen molar-refractivity contribution in [1.82, 2.24) is 14.5 Å². The van der Waals surface area contributed by atoms with Crippen LogP contribution in [0.4, 0.5) is 0 Å². The summed E-state index contributed by atoms with van der Waals surface area (Å²) < 4.78 is 3.39. The maximum atomic E-state index is 12.9. The van der Waals surface area contributed by atoms with E-state index in [0.29, 0.717) is 17.4 Å². The van der Waals surface area contributed by atoms with Gasteiger partial charge in [-0.3, -0.25) is 18.7 Å². The van der Waals surface area contributed by atoms with Gasteiger partial charge in [0.1, 0.15) is 6.54 Å². The molecule has 2 aromatic rings. The molecule has 0 fully saturated rings. The molecule has 0 saturated carbocycles. The van der Waals surface area contributed by atoms with Crippen LogP contribution in [-0.2, 0) is 17.9 Å². The summed E-state index contributed by atoms with van der Waals surface area (Å²) in [4.78, 5) is 38.0. The van der Waals surface area contributed by atoms with Crippen molar-refractivity contribution in [3.63, 3.8) is 0 Å². The van der Waals surface area contributed by atoms with Crippen LogP contribution in [0, 0.1) is 0 Å². The Labute approximate surface area is 161 Å². The Morgan fingerprint density at radius 2 is 1.85 bits per heavy atom. The second-order valence-electron chi connectivity index (χ2n) is 7.49. The molecule has 1 aromatic heterocycles. The number of aryl methyl sites for hydroxylation is 1. The maximum absolute atomic E-state index is 12.9. The molecule has 0 aliphatic rings. The first kappa shape index (κ1) is 20.4. The van der Waals surface area contributed by atoms with Crippen LogP contribution in [0.2, 0.25) is 0 Å². The molecule has 142 valence electrons. The van der Waals surface area contributed by atoms with E-state index in [9.17, 15) is 14.4 Å². The number of carbonyl (C=O) groups excluding carboxylic acids is 1. The highest BCUT2D eigenvalue weighted by Gasteiger charge is 2.18. The van der Waals surface area contributed by atoms with Gasteiger partial charge in [-0.25, -0.2) is 4.79 Å². The van der Waals surface area contributed by atoms with Crippen LogP contribution in [0.15, 0.2) is 32.3 Å². The lowest BCUT2D eigenvalue weighted by molar-refractivity contribution is -0.123. The van der Waals surface area contributed by atoms with Gasteiger partial charge in [0.05, 0.1) is 10.9 Å². The van der Waals surface area contributed by atoms with Gasteiger partial charge < -0.3 is 5.32 Å². The highest BCUT2D eigenvalue weighted by atomic mass is 79.9. The Morgan fingerprint density at radius 1 is 1.15 bits per heavy atom. The van der Waals surface area contributed by atoms with Crippen molar-refractivity contribution in [3.8, 4) is 0 Å². The fourth-order valence-corrected chi connectivity index (χ4v) is 3.23. The minimum atomic E-state index is -0.442. The number of rotatable bonds is 6. The molecule has 2 rings (SSSR count). The molecule has 0 saturated heterocycles. The van der Waals surface area contributed by atoms with Crippen LogP contribution < -0.4 is 16.6 Å². The number of carbonyl (C=O) groups is 1. The molecule has 1 amide bonds. The van der Waals surface area contributed by atoms with E-state index in [1.165, 1.54) is 0 Å². The Morgan fingerprint density at radius 3 is 2.46 bits per heavy atom. The van der Waals surface area contributed by atoms with E-state index in [4.69, 9.17) is 0 Å². The van der Waals surface area contributed by atoms with E-state index in [2.05, 4.69) is 28.2 Å². The Kier molecular flexibility index (Phi) is 6.44. The standard InChI is InChI=1S/C19H26BrN3O3/c1-5-6-7-10-22-15-9-8-13(20)11-14(15)17(25)23(18(22)26)12-16(24)21-19(2,3)4/h8-9,11H,5-7,10,12H2,1-4H3,(H,21,24). The van der Waals surface area contributed by atoms with Crippen molar-refractivity contribution >= 4 is 32.7 Å². The third-order valence-corrected chi connectivity index (χ3v) is 4.48. The summed E-state index contributed by atoms with van der Waals surface area (Å²) in [7, 11) is 0. The van der Waals surface area contributed by atoms with Crippen molar-refractivity contribution in [2.75, 3.05) is 0 Å². The zero-order valence-corrected chi connectivity index (χ0v) is 17.4. The van der Waals surface area contributed by atoms with E-state index >= 15 is 0 Å². The highest BCUT2D eigenvalue weighted by molar-refractivity contribution is 9.10. The van der Waals surface area contributed by atoms with Crippen LogP contribution >= 0.6 is 15.9 Å². The number of hydrogen-bond acceptors (Lipinski definition) is 3. The number of nitrogens with zero attached hydrogens (tertiary/aromatic N) is 2. The van der Waals surface area contributed by atoms with Crippen molar-refractivity contribution in [2.45, 2.75) is 65.6 Å². The third-order valence-electron chi connectivity index (χ3n) is 3.99. The monoisotopic (exact) mass is 423 g/mol. The Hall–Kier alpha value is -1.89. The lowest BCUT2D eigenvalue weighted by Crippen LogP contribution is -2.47. The van der Waals surface area contributed by atoms with E-state index in [1.54, 1.807) is 16.7 Å². The molecule has 6 nitrogen and oxygen atoms in total. The summed E-state index contributed by atoms with van der Waals surface area (Å²) in [6, 6.07) is 5.29. The van der Waals surface area contributed by atoms with Crippen LogP contribution in [0.5, 0.6) is 0 Å². The van der Waals surface area contributed by atoms with Gasteiger partial charge in [0.2, 0.25) is 5.91 Å². The molecule has 0 unspecified atom stereocenters. The van der Waals surface area contributed by atoms with Crippen LogP contribution in [0.1, 0.15) is 47.0 Å². The fourth-order valence-electron chi connectivity index (χ4n) is 2.87. The summed E-state index contributed by atoms with van der Waals surface area (Å²) in [5.41, 5.74) is -0.709. The number of benzene rings is 1. The van der Waals surface area contributed by atoms with Crippen LogP contribution in [0.3, 0.4) is 0 Å². The first-order chi connectivity index (χ1) is 12.1. The van der Waals surface area contributed by atoms with E-state index in [1.807, 2.05) is 26.8 Å². The number of fused-ring (bicyclic) bond motifs is 1. The first-order valence-electron chi connectivity index (χ1n) is 8.88. The SMILES string of the molecule is CCCCCn1c(=O)n(CC(=O)NC(C)(C)C)c(=O)c2cc(Br)ccc21. The van der Waals surface area contributed by atoms with Crippen molar-refractivity contribution < 1.29 is 4.79 Å². The lowest BCUT2D eigenvalue weighted by atomic mass is 10.1. The number of hydrogen-bond donors (Lipinski definition) is 1. The van der Waals surface area contributed by atoms with E-state index in [0.717, 1.165) is 28.3 Å². The lowest BCUT2D eigenvalue weighted by Gasteiger charge is -2.21. The smallest absolute Gasteiger partial charge is 0.331 e. The zero-order chi connectivity index (χ0) is 19.5. The minimum absolute atomic E-state index is 0.287. The third kappa shape index (κ3) is 4.84. The molecule has 0 atom stereocenters. The molecular formula is C19H26BrN3O3. The molecule has 0 radical (unpaired) electrons. The predicted octanol–water partition coefficient (Wildman–Crippen LogP) is 3.03. The number of halogens is 1. The highest BCUT2D eigenvalue weighted by Crippen LogP contribution is 2.16. The summed E-state index contributed by atoms with van der Waals surface area (Å²) in [5, 5.41) is 3.23. The summed E-state index contributed by atoms with van der Waals surface area (Å²) in [5.74, 6) is -0.355. The molecule has 0 spiro atoms. The second kappa shape index (κ2) is 8.20. The van der Waals surface area contributed by atoms with Gasteiger partial charge in [0.15, 0.2) is 0 Å². The average Bonchev–Trinajstić information content (AvgIpc) is 2.53. The first-order valence-corrected chi connectivity index (χ1v) is 9.67. The quantitative estimate of drug-likeness (QED) is 0.725. The van der Waals surface area contributed by atoms with E-state index < -0.39 is 16.8 Å². The number of amides is 1. The van der Waals surface area contributed by atoms with Crippen LogP contribution in [0.25, 0.3) is 10.9 Å². The maximum Gasteiger partial charge on any atom is 0.331 e. The molecular weight excluding hydrogens is 398 g/mol. The van der Waals surface area contributed by atoms with E-state index in [-0.39, 0.29) is 12.5 Å². The van der Waals surface area contributed by atoms with Gasteiger partial charge in [0.25, 0.3) is 5.56 Å². The van der Waals surface area contributed by atoms with Gasteiger partial charge in [0, 0.05) is 16.6 Å². The second-order valence-corrected chi connectivity index (χ2v) is 8.41. The number of aromatic nitrogens is 2. The summed E-state index contributed by atoms with van der Waals surface area (Å²) in [6.45, 7) is 7.89. The molecule has 7 heteroatoms. The zero-order valence-electron chi connectivity index (χ0n) is 15.8. The van der Waals surface area contributed by atoms with Crippen LogP contribution in [-0.4, -0.2) is 20.6 Å². The van der Waals surface area contributed by atoms with Gasteiger partial charge in [-0.15, -0.1) is 0 Å². The largest absolute Gasteiger partial charge is 0.350 e. The molecule has 0 aliphatic heterocycles. The molecule has 0 aliphatic carbocycles. The van der Waals surface area contributed by atoms with Gasteiger partial charge in [-0.1, -0.05) is 35.7 Å². The predicted molar refractivity (Wildman–Crippen MR) is 108 cm³/mol. The molecule has 1 heterocycles. The normalized spacial score (nSPS) is 11.7. The van der Waals surface area contributed by atoms with Crippen molar-refractivity contribution in [3.05, 3.63) is 43.5 Å². The van der Waals surface area contributed by atoms with Gasteiger partial charge in [-0.2, -0.15) is 0 Å². The Bertz CT molecular complexity index is 922. The number of unbranched alkanes of at least 4 members (excludes halogenated alkanes) is 2. The van der Waals surface area contributed by atoms with Crippen molar-refractivity contribution in [2.24, 2.45) is 0 Å². The summed E-state index contributed by atoms with van der Waals surface area (Å²) >= 11 is 3.37. The molecule has 26 heavy (non-hydrogen) atoms. The van der Waals surface area contributed by atoms with Gasteiger partial charge >= 0.3 is 5.69 Å². The fraction of sp³-hybridized carbons (Fsp3) is 0.526. The molecule has 1 N–H and O–H groups in total. The minimum Gasteiger partial charge on any atom is -0.350 e. The Balaban J connectivity index is 2.57. The molecule has 1 aromatic carbocycles.